The second-order valence-corrected chi connectivity index (χ2v) is 3.90. The molecule has 0 aliphatic carbocycles. The first kappa shape index (κ1) is 13.2. The Bertz CT molecular complexity index is 299. The second kappa shape index (κ2) is 6.68. The van der Waals surface area contributed by atoms with Gasteiger partial charge in [-0.15, -0.1) is 0 Å². The van der Waals surface area contributed by atoms with Crippen molar-refractivity contribution in [1.29, 1.82) is 0 Å². The van der Waals surface area contributed by atoms with Crippen molar-refractivity contribution in [2.75, 3.05) is 20.2 Å². The lowest BCUT2D eigenvalue weighted by Crippen LogP contribution is -2.33. The number of methoxy groups -OCH3 is 1. The minimum absolute atomic E-state index is 0.0675. The molecular formula is C12H22N2O2. The predicted octanol–water partition coefficient (Wildman–Crippen LogP) is 1.47. The number of hydrogen-bond donors (Lipinski definition) is 2. The van der Waals surface area contributed by atoms with Gasteiger partial charge >= 0.3 is 0 Å². The molecule has 1 aromatic rings. The Morgan fingerprint density at radius 1 is 1.50 bits per heavy atom. The van der Waals surface area contributed by atoms with E-state index in [1.165, 1.54) is 0 Å². The highest BCUT2D eigenvalue weighted by molar-refractivity contribution is 5.11. The van der Waals surface area contributed by atoms with Gasteiger partial charge in [0.25, 0.3) is 0 Å². The Kier molecular flexibility index (Phi) is 5.52. The van der Waals surface area contributed by atoms with E-state index in [1.807, 2.05) is 19.1 Å². The molecule has 0 aromatic carbocycles. The van der Waals surface area contributed by atoms with Crippen LogP contribution >= 0.6 is 0 Å². The van der Waals surface area contributed by atoms with E-state index in [2.05, 4.69) is 12.2 Å². The second-order valence-electron chi connectivity index (χ2n) is 3.90. The molecule has 0 aliphatic heterocycles. The third-order valence-electron chi connectivity index (χ3n) is 2.66. The molecule has 0 spiro atoms. The summed E-state index contributed by atoms with van der Waals surface area (Å²) in [6.45, 7) is 5.37. The maximum Gasteiger partial charge on any atom is 0.122 e. The van der Waals surface area contributed by atoms with Crippen LogP contribution < -0.4 is 11.1 Å². The first-order chi connectivity index (χ1) is 7.71. The molecule has 92 valence electrons. The molecule has 0 saturated carbocycles. The van der Waals surface area contributed by atoms with Gasteiger partial charge in [-0.05, 0) is 19.1 Å². The van der Waals surface area contributed by atoms with Crippen LogP contribution in [0.2, 0.25) is 0 Å². The lowest BCUT2D eigenvalue weighted by atomic mass is 10.2. The van der Waals surface area contributed by atoms with Crippen molar-refractivity contribution >= 4 is 0 Å². The van der Waals surface area contributed by atoms with Gasteiger partial charge in [-0.2, -0.15) is 0 Å². The molecule has 16 heavy (non-hydrogen) atoms. The highest BCUT2D eigenvalue weighted by Crippen LogP contribution is 2.16. The van der Waals surface area contributed by atoms with Crippen molar-refractivity contribution < 1.29 is 9.15 Å². The molecule has 4 heteroatoms. The van der Waals surface area contributed by atoms with Crippen molar-refractivity contribution in [3.05, 3.63) is 23.7 Å². The normalized spacial score (nSPS) is 15.0. The number of hydrogen-bond acceptors (Lipinski definition) is 4. The summed E-state index contributed by atoms with van der Waals surface area (Å²) in [5, 5.41) is 3.33. The maximum absolute atomic E-state index is 5.72. The summed E-state index contributed by atoms with van der Waals surface area (Å²) < 4.78 is 10.8. The van der Waals surface area contributed by atoms with Crippen LogP contribution in [0, 0.1) is 0 Å². The molecule has 2 unspecified atom stereocenters. The Hall–Kier alpha value is -0.840. The van der Waals surface area contributed by atoms with Crippen molar-refractivity contribution in [2.45, 2.75) is 32.4 Å². The van der Waals surface area contributed by atoms with Crippen LogP contribution in [0.3, 0.4) is 0 Å². The fourth-order valence-electron chi connectivity index (χ4n) is 1.46. The van der Waals surface area contributed by atoms with E-state index in [4.69, 9.17) is 14.9 Å². The molecule has 0 amide bonds. The summed E-state index contributed by atoms with van der Waals surface area (Å²) in [6, 6.07) is 4.05. The minimum atomic E-state index is 0.0675. The van der Waals surface area contributed by atoms with Crippen LogP contribution in [-0.4, -0.2) is 26.3 Å². The minimum Gasteiger partial charge on any atom is -0.464 e. The molecule has 4 nitrogen and oxygen atoms in total. The van der Waals surface area contributed by atoms with E-state index in [9.17, 15) is 0 Å². The summed E-state index contributed by atoms with van der Waals surface area (Å²) >= 11 is 0. The molecule has 0 bridgehead atoms. The molecule has 1 heterocycles. The number of nitrogens with two attached hydrogens (primary N) is 1. The van der Waals surface area contributed by atoms with Crippen LogP contribution in [0.15, 0.2) is 16.5 Å². The first-order valence-electron chi connectivity index (χ1n) is 5.76. The zero-order valence-electron chi connectivity index (χ0n) is 10.3. The molecular weight excluding hydrogens is 204 g/mol. The third-order valence-corrected chi connectivity index (χ3v) is 2.66. The van der Waals surface area contributed by atoms with E-state index >= 15 is 0 Å². The summed E-state index contributed by atoms with van der Waals surface area (Å²) in [7, 11) is 1.70. The van der Waals surface area contributed by atoms with E-state index in [1.54, 1.807) is 7.11 Å². The monoisotopic (exact) mass is 226 g/mol. The highest BCUT2D eigenvalue weighted by Gasteiger charge is 2.14. The van der Waals surface area contributed by atoms with Crippen LogP contribution in [0.4, 0.5) is 0 Å². The van der Waals surface area contributed by atoms with Gasteiger partial charge in [-0.1, -0.05) is 6.92 Å². The topological polar surface area (TPSA) is 60.4 Å². The highest BCUT2D eigenvalue weighted by atomic mass is 16.5. The smallest absolute Gasteiger partial charge is 0.122 e. The quantitative estimate of drug-likeness (QED) is 0.739. The van der Waals surface area contributed by atoms with Gasteiger partial charge in [0.2, 0.25) is 0 Å². The number of ether oxygens (including phenoxy) is 1. The number of furan rings is 1. The molecule has 1 rings (SSSR count). The molecule has 0 radical (unpaired) electrons. The SMILES string of the molecule is CCc1ccc(C(CN)NCC(C)OC)o1. The average Bonchev–Trinajstić information content (AvgIpc) is 2.78. The molecule has 3 N–H and O–H groups in total. The van der Waals surface area contributed by atoms with E-state index in [0.29, 0.717) is 6.54 Å². The molecule has 1 aromatic heterocycles. The summed E-state index contributed by atoms with van der Waals surface area (Å²) in [5.41, 5.74) is 5.72. The number of nitrogens with one attached hydrogen (secondary N) is 1. The Labute approximate surface area is 97.1 Å². The molecule has 2 atom stereocenters. The molecule has 0 aliphatic rings. The summed E-state index contributed by atoms with van der Waals surface area (Å²) in [6.07, 6.45) is 1.08. The van der Waals surface area contributed by atoms with Crippen LogP contribution in [0.1, 0.15) is 31.4 Å². The van der Waals surface area contributed by atoms with Gasteiger partial charge in [0.05, 0.1) is 12.1 Å². The molecule has 0 saturated heterocycles. The first-order valence-corrected chi connectivity index (χ1v) is 5.76. The lowest BCUT2D eigenvalue weighted by molar-refractivity contribution is 0.113. The van der Waals surface area contributed by atoms with Gasteiger partial charge in [-0.25, -0.2) is 0 Å². The van der Waals surface area contributed by atoms with Crippen molar-refractivity contribution in [2.24, 2.45) is 5.73 Å². The average molecular weight is 226 g/mol. The van der Waals surface area contributed by atoms with Crippen LogP contribution in [0.5, 0.6) is 0 Å². The maximum atomic E-state index is 5.72. The van der Waals surface area contributed by atoms with Gasteiger partial charge in [-0.3, -0.25) is 0 Å². The number of aryl methyl sites for hydroxylation is 1. The van der Waals surface area contributed by atoms with Gasteiger partial charge in [0.1, 0.15) is 11.5 Å². The summed E-state index contributed by atoms with van der Waals surface area (Å²) in [5.74, 6) is 1.90. The Balaban J connectivity index is 2.53. The van der Waals surface area contributed by atoms with Crippen LogP contribution in [-0.2, 0) is 11.2 Å². The van der Waals surface area contributed by atoms with E-state index in [-0.39, 0.29) is 12.1 Å². The molecule has 0 fully saturated rings. The zero-order chi connectivity index (χ0) is 12.0. The van der Waals surface area contributed by atoms with Crippen molar-refractivity contribution in [3.8, 4) is 0 Å². The van der Waals surface area contributed by atoms with E-state index in [0.717, 1.165) is 24.5 Å². The Morgan fingerprint density at radius 3 is 2.75 bits per heavy atom. The fourth-order valence-corrected chi connectivity index (χ4v) is 1.46. The largest absolute Gasteiger partial charge is 0.464 e. The lowest BCUT2D eigenvalue weighted by Gasteiger charge is -2.17. The Morgan fingerprint density at radius 2 is 2.25 bits per heavy atom. The standard InChI is InChI=1S/C12H22N2O2/c1-4-10-5-6-12(16-10)11(7-13)14-8-9(2)15-3/h5-6,9,11,14H,4,7-8,13H2,1-3H3. The van der Waals surface area contributed by atoms with Crippen molar-refractivity contribution in [3.63, 3.8) is 0 Å². The van der Waals surface area contributed by atoms with Gasteiger partial charge in [0, 0.05) is 26.6 Å². The fraction of sp³-hybridized carbons (Fsp3) is 0.667. The van der Waals surface area contributed by atoms with Gasteiger partial charge in [0.15, 0.2) is 0 Å². The number of rotatable bonds is 7. The summed E-state index contributed by atoms with van der Waals surface area (Å²) in [4.78, 5) is 0. The third kappa shape index (κ3) is 3.63. The van der Waals surface area contributed by atoms with Gasteiger partial charge < -0.3 is 20.2 Å². The van der Waals surface area contributed by atoms with Crippen LogP contribution in [0.25, 0.3) is 0 Å². The predicted molar refractivity (Wildman–Crippen MR) is 64.4 cm³/mol. The van der Waals surface area contributed by atoms with Crippen molar-refractivity contribution in [1.82, 2.24) is 5.32 Å². The van der Waals surface area contributed by atoms with E-state index < -0.39 is 0 Å². The zero-order valence-corrected chi connectivity index (χ0v) is 10.3.